The summed E-state index contributed by atoms with van der Waals surface area (Å²) in [7, 11) is -3.57. The number of ether oxygens (including phenoxy) is 2. The number of carbonyl (C=O) groups is 3. The Bertz CT molecular complexity index is 2060. The summed E-state index contributed by atoms with van der Waals surface area (Å²) in [4.78, 5) is 48.3. The lowest BCUT2D eigenvalue weighted by Gasteiger charge is -2.31. The van der Waals surface area contributed by atoms with Crippen LogP contribution in [0.25, 0.3) is 0 Å². The van der Waals surface area contributed by atoms with Gasteiger partial charge in [-0.3, -0.25) is 19.3 Å². The van der Waals surface area contributed by atoms with Crippen molar-refractivity contribution in [1.29, 1.82) is 0 Å². The summed E-state index contributed by atoms with van der Waals surface area (Å²) in [5.41, 5.74) is 1.17. The summed E-state index contributed by atoms with van der Waals surface area (Å²) in [6.07, 6.45) is 0.525. The number of aliphatic hydroxyl groups excluding tert-OH is 1. The summed E-state index contributed by atoms with van der Waals surface area (Å²) in [6.45, 7) is 5.74. The third-order valence-corrected chi connectivity index (χ3v) is 13.8. The first kappa shape index (κ1) is 34.3. The highest BCUT2D eigenvalue weighted by Crippen LogP contribution is 2.61. The third-order valence-electron chi connectivity index (χ3n) is 11.3. The van der Waals surface area contributed by atoms with Gasteiger partial charge >= 0.3 is 0 Å². The van der Waals surface area contributed by atoms with Gasteiger partial charge in [0, 0.05) is 29.3 Å². The first-order chi connectivity index (χ1) is 25.0. The Labute approximate surface area is 303 Å². The first-order valence-electron chi connectivity index (χ1n) is 18.0. The lowest BCUT2D eigenvalue weighted by molar-refractivity contribution is -0.150. The quantitative estimate of drug-likeness (QED) is 0.157. The van der Waals surface area contributed by atoms with Crippen LogP contribution in [0, 0.1) is 5.92 Å². The van der Waals surface area contributed by atoms with Crippen LogP contribution in [-0.2, 0) is 26.5 Å². The zero-order chi connectivity index (χ0) is 36.4. The van der Waals surface area contributed by atoms with Gasteiger partial charge < -0.3 is 28.5 Å². The first-order valence-corrected chi connectivity index (χ1v) is 21.0. The van der Waals surface area contributed by atoms with Crippen LogP contribution in [0.5, 0.6) is 11.5 Å². The molecule has 1 spiro atoms. The lowest BCUT2D eigenvalue weighted by Crippen LogP contribution is -2.45. The summed E-state index contributed by atoms with van der Waals surface area (Å²) in [5, 5.41) is 9.95. The Morgan fingerprint density at radius 3 is 2.40 bits per heavy atom. The molecule has 5 atom stereocenters. The van der Waals surface area contributed by atoms with Gasteiger partial charge in [0.15, 0.2) is 11.4 Å². The van der Waals surface area contributed by atoms with Gasteiger partial charge in [-0.2, -0.15) is 0 Å². The van der Waals surface area contributed by atoms with E-state index in [-0.39, 0.29) is 43.3 Å². The minimum Gasteiger partial charge on any atom is -0.454 e. The van der Waals surface area contributed by atoms with Crippen molar-refractivity contribution < 1.29 is 33.1 Å². The maximum absolute atomic E-state index is 16.6. The number of aliphatic hydroxyl groups is 1. The number of hydrogen-bond acceptors (Lipinski definition) is 6. The van der Waals surface area contributed by atoms with Gasteiger partial charge in [-0.1, -0.05) is 61.5 Å². The molecule has 268 valence electrons. The SMILES string of the molecule is C[C@H]1[C@H]([Si](C)(C)F)[C@@H](CC(=O)N2CCC[C@H]2CO)O[C@]12C(=O)N(Cc1ccccc1)c1ccc(N3C(=O)c4ccccc4Oc4ccccc43)cc12. The summed E-state index contributed by atoms with van der Waals surface area (Å²) in [5.74, 6) is -0.537. The Morgan fingerprint density at radius 2 is 1.65 bits per heavy atom. The van der Waals surface area contributed by atoms with Crippen LogP contribution in [0.1, 0.15) is 47.7 Å². The number of anilines is 3. The fourth-order valence-electron chi connectivity index (χ4n) is 9.01. The van der Waals surface area contributed by atoms with Crippen molar-refractivity contribution in [2.75, 3.05) is 23.0 Å². The molecule has 4 heterocycles. The molecule has 11 heteroatoms. The number of benzene rings is 4. The molecule has 1 N–H and O–H groups in total. The molecular formula is C41H42FN3O6Si. The molecule has 4 aromatic rings. The average Bonchev–Trinajstić information content (AvgIpc) is 3.77. The van der Waals surface area contributed by atoms with Crippen LogP contribution in [0.15, 0.2) is 97.1 Å². The summed E-state index contributed by atoms with van der Waals surface area (Å²) < 4.78 is 29.8. The van der Waals surface area contributed by atoms with Gasteiger partial charge in [-0.05, 0) is 74.0 Å². The molecule has 9 nitrogen and oxygen atoms in total. The van der Waals surface area contributed by atoms with E-state index in [1.165, 1.54) is 0 Å². The van der Waals surface area contributed by atoms with E-state index >= 15 is 8.90 Å². The normalized spacial score (nSPS) is 25.2. The van der Waals surface area contributed by atoms with Gasteiger partial charge in [0.2, 0.25) is 14.3 Å². The number of carbonyl (C=O) groups excluding carboxylic acids is 3. The zero-order valence-electron chi connectivity index (χ0n) is 29.5. The molecule has 0 bridgehead atoms. The molecule has 0 saturated carbocycles. The second kappa shape index (κ2) is 13.0. The van der Waals surface area contributed by atoms with Gasteiger partial charge in [-0.15, -0.1) is 0 Å². The van der Waals surface area contributed by atoms with Crippen molar-refractivity contribution in [2.24, 2.45) is 5.92 Å². The van der Waals surface area contributed by atoms with E-state index in [1.54, 1.807) is 46.0 Å². The highest BCUT2D eigenvalue weighted by molar-refractivity contribution is 6.72. The van der Waals surface area contributed by atoms with Crippen LogP contribution in [0.2, 0.25) is 18.6 Å². The van der Waals surface area contributed by atoms with Crippen LogP contribution in [-0.4, -0.2) is 61.4 Å². The predicted molar refractivity (Wildman–Crippen MR) is 198 cm³/mol. The van der Waals surface area contributed by atoms with Gasteiger partial charge in [-0.25, -0.2) is 0 Å². The van der Waals surface area contributed by atoms with Crippen LogP contribution in [0.4, 0.5) is 21.2 Å². The Morgan fingerprint density at radius 1 is 0.942 bits per heavy atom. The lowest BCUT2D eigenvalue weighted by atomic mass is 9.82. The van der Waals surface area contributed by atoms with E-state index in [2.05, 4.69) is 0 Å². The highest BCUT2D eigenvalue weighted by atomic mass is 28.4. The maximum Gasteiger partial charge on any atom is 0.266 e. The molecular weight excluding hydrogens is 678 g/mol. The molecule has 4 aromatic carbocycles. The van der Waals surface area contributed by atoms with Crippen molar-refractivity contribution in [1.82, 2.24) is 4.90 Å². The number of nitrogens with zero attached hydrogens (tertiary/aromatic N) is 3. The van der Waals surface area contributed by atoms with Gasteiger partial charge in [0.25, 0.3) is 11.8 Å². The van der Waals surface area contributed by atoms with Crippen LogP contribution < -0.4 is 14.5 Å². The summed E-state index contributed by atoms with van der Waals surface area (Å²) in [6, 6.07) is 29.2. The zero-order valence-corrected chi connectivity index (χ0v) is 30.5. The van der Waals surface area contributed by atoms with Crippen LogP contribution >= 0.6 is 0 Å². The molecule has 4 aliphatic rings. The topological polar surface area (TPSA) is 99.6 Å². The molecule has 2 fully saturated rings. The predicted octanol–water partition coefficient (Wildman–Crippen LogP) is 7.47. The van der Waals surface area contributed by atoms with Gasteiger partial charge in [0.1, 0.15) is 5.75 Å². The van der Waals surface area contributed by atoms with Crippen molar-refractivity contribution in [3.05, 3.63) is 114 Å². The largest absolute Gasteiger partial charge is 0.454 e. The van der Waals surface area contributed by atoms with Crippen LogP contribution in [0.3, 0.4) is 0 Å². The average molecular weight is 720 g/mol. The van der Waals surface area contributed by atoms with E-state index in [0.29, 0.717) is 52.7 Å². The van der Waals surface area contributed by atoms with Crippen molar-refractivity contribution in [3.63, 3.8) is 0 Å². The van der Waals surface area contributed by atoms with E-state index < -0.39 is 31.6 Å². The number of fused-ring (bicyclic) bond motifs is 4. The molecule has 4 aliphatic heterocycles. The van der Waals surface area contributed by atoms with E-state index in [9.17, 15) is 14.7 Å². The molecule has 2 saturated heterocycles. The monoisotopic (exact) mass is 719 g/mol. The molecule has 8 rings (SSSR count). The number of amides is 3. The van der Waals surface area contributed by atoms with E-state index in [1.807, 2.05) is 85.8 Å². The molecule has 3 amide bonds. The smallest absolute Gasteiger partial charge is 0.266 e. The molecule has 0 radical (unpaired) electrons. The van der Waals surface area contributed by atoms with Gasteiger partial charge in [0.05, 0.1) is 48.7 Å². The van der Waals surface area contributed by atoms with Crippen molar-refractivity contribution >= 4 is 43.2 Å². The van der Waals surface area contributed by atoms with Crippen molar-refractivity contribution in [2.45, 2.75) is 69.1 Å². The highest BCUT2D eigenvalue weighted by Gasteiger charge is 2.67. The number of halogens is 1. The molecule has 0 aromatic heterocycles. The maximum atomic E-state index is 16.6. The molecule has 52 heavy (non-hydrogen) atoms. The number of likely N-dealkylation sites (tertiary alicyclic amines) is 1. The van der Waals surface area contributed by atoms with E-state index in [4.69, 9.17) is 9.47 Å². The number of para-hydroxylation sites is 3. The summed E-state index contributed by atoms with van der Waals surface area (Å²) >= 11 is 0. The standard InChI is InChI=1S/C41H42FN3O6Si/c1-26-38(52(2,3)42)36(23-37(47)43-21-11-14-29(43)25-46)51-41(26)31-22-28(19-20-32(31)44(40(41)49)24-27-12-5-4-6-13-27)45-33-16-8-10-18-35(33)50-34-17-9-7-15-30(34)39(45)48/h4-10,12-13,15-20,22,26,29,36,38,46H,11,14,21,23-25H2,1-3H3/t26-,29-,36+,38-,41+/m0/s1. The minimum absolute atomic E-state index is 0.0965. The fourth-order valence-corrected chi connectivity index (χ4v) is 11.5. The Hall–Kier alpha value is -4.84. The Balaban J connectivity index is 1.27. The second-order valence-corrected chi connectivity index (χ2v) is 18.6. The number of hydrogen-bond donors (Lipinski definition) is 1. The Kier molecular flexibility index (Phi) is 8.55. The molecule has 0 unspecified atom stereocenters. The molecule has 0 aliphatic carbocycles. The minimum atomic E-state index is -3.57. The van der Waals surface area contributed by atoms with E-state index in [0.717, 1.165) is 12.0 Å². The van der Waals surface area contributed by atoms with Crippen molar-refractivity contribution in [3.8, 4) is 11.5 Å². The fraction of sp³-hybridized carbons (Fsp3) is 0.341. The second-order valence-electron chi connectivity index (χ2n) is 14.8. The third kappa shape index (κ3) is 5.45. The number of rotatable bonds is 7.